The first kappa shape index (κ1) is 36.7. The summed E-state index contributed by atoms with van der Waals surface area (Å²) in [7, 11) is 3.48. The Bertz CT molecular complexity index is 1720. The third-order valence-electron chi connectivity index (χ3n) is 11.1. The molecule has 1 heterocycles. The van der Waals surface area contributed by atoms with Crippen molar-refractivity contribution in [2.24, 2.45) is 10.8 Å². The van der Waals surface area contributed by atoms with E-state index in [4.69, 9.17) is 9.47 Å². The molecular formula is C43H48Cl2O2Zr. The fourth-order valence-corrected chi connectivity index (χ4v) is 25.1. The smallest absolute Gasteiger partial charge is 1.00 e. The zero-order valence-corrected chi connectivity index (χ0v) is 33.6. The fraction of sp³-hybridized carbons (Fsp3) is 0.349. The van der Waals surface area contributed by atoms with E-state index in [1.54, 1.807) is 36.5 Å². The van der Waals surface area contributed by atoms with Crippen LogP contribution in [0.4, 0.5) is 0 Å². The Morgan fingerprint density at radius 2 is 0.917 bits per heavy atom. The topological polar surface area (TPSA) is 18.5 Å². The third kappa shape index (κ3) is 6.07. The molecule has 0 bridgehead atoms. The molecule has 0 radical (unpaired) electrons. The van der Waals surface area contributed by atoms with Crippen molar-refractivity contribution in [1.82, 2.24) is 0 Å². The summed E-state index contributed by atoms with van der Waals surface area (Å²) in [5.41, 5.74) is 14.9. The Kier molecular flexibility index (Phi) is 10.4. The molecule has 1 saturated heterocycles. The van der Waals surface area contributed by atoms with Crippen LogP contribution in [0.5, 0.6) is 11.5 Å². The summed E-state index contributed by atoms with van der Waals surface area (Å²) in [6.45, 7) is 14.7. The monoisotopic (exact) mass is 756 g/mol. The Hall–Kier alpha value is -2.58. The first-order chi connectivity index (χ1) is 22.0. The maximum Gasteiger partial charge on any atom is -1.00 e. The van der Waals surface area contributed by atoms with Gasteiger partial charge in [-0.1, -0.05) is 0 Å². The zero-order chi connectivity index (χ0) is 32.4. The molecule has 3 aliphatic rings. The van der Waals surface area contributed by atoms with Crippen molar-refractivity contribution < 1.29 is 54.6 Å². The summed E-state index contributed by atoms with van der Waals surface area (Å²) >= 11 is -3.05. The summed E-state index contributed by atoms with van der Waals surface area (Å²) in [6.07, 6.45) is 6.63. The van der Waals surface area contributed by atoms with Crippen LogP contribution >= 0.6 is 0 Å². The molecule has 1 fully saturated rings. The standard InChI is InChI=1S/2C20H21O.C3H6.2ClH.Zr/c2*1-20(2,3)16-12-15-6-5-7-18(19(15)13-16)14-8-10-17(21-4)11-9-14;1-3-2;;;/h2*5-13H,1-4H3;1-3H2;2*1H;/q;;;;;+2/p-2. The van der Waals surface area contributed by atoms with Gasteiger partial charge in [-0.25, -0.2) is 0 Å². The predicted octanol–water partition coefficient (Wildman–Crippen LogP) is 6.11. The van der Waals surface area contributed by atoms with Crippen LogP contribution in [0, 0.1) is 10.8 Å². The SMILES string of the molecule is COc1ccc(-c2cccc3c2C=C(C(C)(C)C)[CH]3[Zr+2]2([CH]3C(C(C)(C)C)=Cc4c(-c5ccc(OC)cc5)cccc43)[CH2]C[CH2]2)cc1.[Cl-].[Cl-]. The molecule has 5 heteroatoms. The van der Waals surface area contributed by atoms with Crippen LogP contribution in [0.3, 0.4) is 0 Å². The minimum absolute atomic E-state index is 0. The number of methoxy groups -OCH3 is 2. The van der Waals surface area contributed by atoms with E-state index in [-0.39, 0.29) is 35.6 Å². The van der Waals surface area contributed by atoms with Crippen molar-refractivity contribution in [2.45, 2.75) is 63.5 Å². The van der Waals surface area contributed by atoms with Gasteiger partial charge in [0, 0.05) is 0 Å². The van der Waals surface area contributed by atoms with E-state index in [1.165, 1.54) is 48.1 Å². The molecule has 0 saturated carbocycles. The van der Waals surface area contributed by atoms with Crippen LogP contribution in [-0.4, -0.2) is 14.2 Å². The van der Waals surface area contributed by atoms with Gasteiger partial charge in [-0.15, -0.1) is 0 Å². The number of ether oxygens (including phenoxy) is 2. The van der Waals surface area contributed by atoms with Crippen molar-refractivity contribution in [3.8, 4) is 33.8 Å². The first-order valence-electron chi connectivity index (χ1n) is 16.9. The Balaban J connectivity index is 0.00000225. The van der Waals surface area contributed by atoms with Gasteiger partial charge in [-0.2, -0.15) is 0 Å². The van der Waals surface area contributed by atoms with Gasteiger partial charge in [0.15, 0.2) is 0 Å². The summed E-state index contributed by atoms with van der Waals surface area (Å²) in [6, 6.07) is 31.6. The summed E-state index contributed by atoms with van der Waals surface area (Å²) in [5, 5.41) is 0. The Labute approximate surface area is 305 Å². The molecule has 0 aromatic heterocycles. The van der Waals surface area contributed by atoms with Crippen LogP contribution in [0.1, 0.15) is 77.5 Å². The van der Waals surface area contributed by atoms with E-state index in [1.807, 2.05) is 0 Å². The van der Waals surface area contributed by atoms with Crippen molar-refractivity contribution in [3.05, 3.63) is 118 Å². The van der Waals surface area contributed by atoms with Crippen molar-refractivity contribution >= 4 is 12.2 Å². The summed E-state index contributed by atoms with van der Waals surface area (Å²) < 4.78 is 15.0. The zero-order valence-electron chi connectivity index (χ0n) is 29.6. The van der Waals surface area contributed by atoms with Gasteiger partial charge >= 0.3 is 282 Å². The van der Waals surface area contributed by atoms with E-state index < -0.39 is 20.3 Å². The van der Waals surface area contributed by atoms with Gasteiger partial charge in [0.1, 0.15) is 0 Å². The molecule has 7 rings (SSSR count). The number of fused-ring (bicyclic) bond motifs is 2. The summed E-state index contributed by atoms with van der Waals surface area (Å²) in [4.78, 5) is 0. The molecule has 2 aliphatic carbocycles. The van der Waals surface area contributed by atoms with Gasteiger partial charge in [-0.05, 0) is 0 Å². The minimum Gasteiger partial charge on any atom is -1.00 e. The van der Waals surface area contributed by atoms with Crippen molar-refractivity contribution in [3.63, 3.8) is 0 Å². The maximum absolute atomic E-state index is 5.50. The van der Waals surface area contributed by atoms with Crippen LogP contribution in [-0.2, 0) is 20.3 Å². The van der Waals surface area contributed by atoms with E-state index in [2.05, 4.69) is 139 Å². The molecule has 0 spiro atoms. The predicted molar refractivity (Wildman–Crippen MR) is 191 cm³/mol. The molecule has 1 aliphatic heterocycles. The second-order valence-electron chi connectivity index (χ2n) is 15.7. The normalized spacial score (nSPS) is 18.4. The van der Waals surface area contributed by atoms with E-state index in [0.717, 1.165) is 11.5 Å². The average Bonchev–Trinajstić information content (AvgIpc) is 3.62. The van der Waals surface area contributed by atoms with Crippen LogP contribution in [0.25, 0.3) is 34.4 Å². The van der Waals surface area contributed by atoms with Crippen LogP contribution in [0.2, 0.25) is 8.26 Å². The quantitative estimate of drug-likeness (QED) is 0.237. The molecule has 4 aromatic rings. The molecule has 2 nitrogen and oxygen atoms in total. The number of allylic oxidation sites excluding steroid dienone is 2. The average molecular weight is 759 g/mol. The molecule has 2 unspecified atom stereocenters. The number of hydrogen-bond donors (Lipinski definition) is 0. The molecule has 0 amide bonds. The number of rotatable bonds is 6. The maximum atomic E-state index is 5.50. The molecule has 250 valence electrons. The number of benzene rings is 4. The Morgan fingerprint density at radius 3 is 1.21 bits per heavy atom. The third-order valence-corrected chi connectivity index (χ3v) is 26.1. The van der Waals surface area contributed by atoms with Crippen molar-refractivity contribution in [2.75, 3.05) is 14.2 Å². The molecule has 0 N–H and O–H groups in total. The second-order valence-corrected chi connectivity index (χ2v) is 27.1. The van der Waals surface area contributed by atoms with E-state index in [9.17, 15) is 0 Å². The summed E-state index contributed by atoms with van der Waals surface area (Å²) in [5.74, 6) is 1.81. The van der Waals surface area contributed by atoms with E-state index in [0.29, 0.717) is 7.25 Å². The fourth-order valence-electron chi connectivity index (χ4n) is 8.72. The Morgan fingerprint density at radius 1 is 0.542 bits per heavy atom. The first-order valence-corrected chi connectivity index (χ1v) is 23.3. The molecule has 4 aromatic carbocycles. The van der Waals surface area contributed by atoms with E-state index >= 15 is 0 Å². The number of hydrogen-bond acceptors (Lipinski definition) is 2. The molecule has 2 atom stereocenters. The van der Waals surface area contributed by atoms with Crippen molar-refractivity contribution in [1.29, 1.82) is 0 Å². The van der Waals surface area contributed by atoms with Crippen LogP contribution < -0.4 is 34.3 Å². The van der Waals surface area contributed by atoms with Gasteiger partial charge < -0.3 is 24.8 Å². The van der Waals surface area contributed by atoms with Gasteiger partial charge in [0.25, 0.3) is 0 Å². The van der Waals surface area contributed by atoms with Gasteiger partial charge in [-0.3, -0.25) is 0 Å². The van der Waals surface area contributed by atoms with Gasteiger partial charge in [0.05, 0.1) is 0 Å². The minimum atomic E-state index is -3.05. The molecule has 48 heavy (non-hydrogen) atoms. The molecular weight excluding hydrogens is 711 g/mol. The number of halogens is 2. The van der Waals surface area contributed by atoms with Crippen LogP contribution in [0.15, 0.2) is 96.1 Å². The largest absolute Gasteiger partial charge is 1.00 e. The van der Waals surface area contributed by atoms with Gasteiger partial charge in [0.2, 0.25) is 0 Å². The second kappa shape index (κ2) is 13.6.